The lowest BCUT2D eigenvalue weighted by molar-refractivity contribution is -0.120. The number of carbonyl (C=O) groups is 2. The van der Waals surface area contributed by atoms with Crippen LogP contribution in [0.4, 0.5) is 5.69 Å². The van der Waals surface area contributed by atoms with Crippen molar-refractivity contribution in [3.05, 3.63) is 66.1 Å². The van der Waals surface area contributed by atoms with E-state index in [9.17, 15) is 9.59 Å². The summed E-state index contributed by atoms with van der Waals surface area (Å²) in [4.78, 5) is 24.1. The Morgan fingerprint density at radius 2 is 1.89 bits per heavy atom. The van der Waals surface area contributed by atoms with Crippen molar-refractivity contribution in [2.45, 2.75) is 19.8 Å². The summed E-state index contributed by atoms with van der Waals surface area (Å²) >= 11 is 0. The van der Waals surface area contributed by atoms with Gasteiger partial charge in [-0.15, -0.1) is 10.2 Å². The number of benzene rings is 2. The molecule has 0 saturated carbocycles. The zero-order valence-electron chi connectivity index (χ0n) is 14.9. The molecule has 1 aromatic heterocycles. The molecule has 0 unspecified atom stereocenters. The van der Waals surface area contributed by atoms with Crippen LogP contribution in [0.5, 0.6) is 0 Å². The zero-order valence-corrected chi connectivity index (χ0v) is 14.9. The van der Waals surface area contributed by atoms with Crippen LogP contribution < -0.4 is 10.6 Å². The van der Waals surface area contributed by atoms with Crippen molar-refractivity contribution in [3.8, 4) is 11.5 Å². The maximum absolute atomic E-state index is 12.2. The highest BCUT2D eigenvalue weighted by molar-refractivity contribution is 5.92. The predicted molar refractivity (Wildman–Crippen MR) is 101 cm³/mol. The van der Waals surface area contributed by atoms with E-state index < -0.39 is 0 Å². The summed E-state index contributed by atoms with van der Waals surface area (Å²) in [7, 11) is 0. The number of hydrogen-bond donors (Lipinski definition) is 2. The lowest BCUT2D eigenvalue weighted by Gasteiger charge is -2.10. The Balaban J connectivity index is 1.49. The first-order valence-electron chi connectivity index (χ1n) is 8.59. The van der Waals surface area contributed by atoms with E-state index in [0.717, 1.165) is 16.7 Å². The fourth-order valence-corrected chi connectivity index (χ4v) is 2.56. The van der Waals surface area contributed by atoms with Gasteiger partial charge >= 0.3 is 0 Å². The first kappa shape index (κ1) is 18.3. The Morgan fingerprint density at radius 3 is 2.63 bits per heavy atom. The third kappa shape index (κ3) is 5.24. The maximum Gasteiger partial charge on any atom is 0.247 e. The van der Waals surface area contributed by atoms with Gasteiger partial charge in [-0.25, -0.2) is 0 Å². The molecule has 7 nitrogen and oxygen atoms in total. The number of nitrogens with zero attached hydrogens (tertiary/aromatic N) is 2. The van der Waals surface area contributed by atoms with Gasteiger partial charge in [-0.3, -0.25) is 9.59 Å². The van der Waals surface area contributed by atoms with Crippen molar-refractivity contribution < 1.29 is 14.0 Å². The number of carbonyl (C=O) groups excluding carboxylic acids is 2. The first-order chi connectivity index (χ1) is 13.1. The monoisotopic (exact) mass is 364 g/mol. The number of aryl methyl sites for hydroxylation is 1. The van der Waals surface area contributed by atoms with Crippen LogP contribution in [0.1, 0.15) is 17.5 Å². The highest BCUT2D eigenvalue weighted by atomic mass is 16.4. The molecule has 2 aromatic carbocycles. The molecule has 138 valence electrons. The van der Waals surface area contributed by atoms with Crippen LogP contribution in [-0.2, 0) is 16.0 Å². The van der Waals surface area contributed by atoms with Crippen molar-refractivity contribution in [1.29, 1.82) is 0 Å². The van der Waals surface area contributed by atoms with E-state index in [1.54, 1.807) is 6.07 Å². The second-order valence-corrected chi connectivity index (χ2v) is 6.08. The van der Waals surface area contributed by atoms with E-state index in [1.165, 1.54) is 6.39 Å². The van der Waals surface area contributed by atoms with Crippen molar-refractivity contribution >= 4 is 17.5 Å². The molecular formula is C20H20N4O3. The second-order valence-electron chi connectivity index (χ2n) is 6.08. The minimum atomic E-state index is -0.180. The molecule has 0 bridgehead atoms. The highest BCUT2D eigenvalue weighted by Gasteiger charge is 2.10. The molecule has 0 aliphatic heterocycles. The fourth-order valence-electron chi connectivity index (χ4n) is 2.56. The van der Waals surface area contributed by atoms with Crippen molar-refractivity contribution in [2.24, 2.45) is 0 Å². The van der Waals surface area contributed by atoms with E-state index in [0.29, 0.717) is 18.0 Å². The Bertz CT molecular complexity index is 908. The van der Waals surface area contributed by atoms with Crippen LogP contribution in [0.25, 0.3) is 11.5 Å². The molecule has 0 atom stereocenters. The van der Waals surface area contributed by atoms with Gasteiger partial charge in [-0.05, 0) is 30.2 Å². The smallest absolute Gasteiger partial charge is 0.247 e. The molecule has 0 aliphatic rings. The quantitative estimate of drug-likeness (QED) is 0.672. The third-order valence-corrected chi connectivity index (χ3v) is 4.00. The van der Waals surface area contributed by atoms with Crippen LogP contribution in [0.3, 0.4) is 0 Å². The average molecular weight is 364 g/mol. The number of nitrogens with one attached hydrogen (secondary N) is 2. The van der Waals surface area contributed by atoms with Gasteiger partial charge in [-0.2, -0.15) is 0 Å². The minimum absolute atomic E-state index is 0.108. The third-order valence-electron chi connectivity index (χ3n) is 4.00. The van der Waals surface area contributed by atoms with Gasteiger partial charge in [0.05, 0.1) is 6.42 Å². The van der Waals surface area contributed by atoms with E-state index in [1.807, 2.05) is 49.4 Å². The minimum Gasteiger partial charge on any atom is -0.423 e. The summed E-state index contributed by atoms with van der Waals surface area (Å²) in [5.74, 6) is 0.100. The van der Waals surface area contributed by atoms with E-state index in [4.69, 9.17) is 4.42 Å². The van der Waals surface area contributed by atoms with Gasteiger partial charge in [0.2, 0.25) is 24.1 Å². The standard InChI is InChI=1S/C20H20N4O3/c1-14-7-8-16(20-24-22-13-27-20)12-17(14)23-18(25)9-10-21-19(26)11-15-5-3-2-4-6-15/h2-8,12-13H,9-11H2,1H3,(H,21,26)(H,23,25). The van der Waals surface area contributed by atoms with Gasteiger partial charge in [0.15, 0.2) is 0 Å². The maximum atomic E-state index is 12.2. The summed E-state index contributed by atoms with van der Waals surface area (Å²) in [6.45, 7) is 2.18. The summed E-state index contributed by atoms with van der Waals surface area (Å²) < 4.78 is 5.18. The molecule has 0 aliphatic carbocycles. The number of anilines is 1. The summed E-state index contributed by atoms with van der Waals surface area (Å²) in [5.41, 5.74) is 3.25. The van der Waals surface area contributed by atoms with Crippen molar-refractivity contribution in [2.75, 3.05) is 11.9 Å². The number of amides is 2. The molecule has 0 spiro atoms. The average Bonchev–Trinajstić information content (AvgIpc) is 3.19. The van der Waals surface area contributed by atoms with Crippen molar-refractivity contribution in [3.63, 3.8) is 0 Å². The molecule has 0 fully saturated rings. The largest absolute Gasteiger partial charge is 0.423 e. The molecule has 3 rings (SSSR count). The number of aromatic nitrogens is 2. The van der Waals surface area contributed by atoms with Crippen LogP contribution in [0, 0.1) is 6.92 Å². The van der Waals surface area contributed by atoms with Crippen molar-refractivity contribution in [1.82, 2.24) is 15.5 Å². The molecule has 2 amide bonds. The summed E-state index contributed by atoms with van der Waals surface area (Å²) in [6.07, 6.45) is 1.74. The lowest BCUT2D eigenvalue weighted by atomic mass is 10.1. The molecule has 27 heavy (non-hydrogen) atoms. The van der Waals surface area contributed by atoms with E-state index in [2.05, 4.69) is 20.8 Å². The fraction of sp³-hybridized carbons (Fsp3) is 0.200. The molecule has 7 heteroatoms. The molecular weight excluding hydrogens is 344 g/mol. The van der Waals surface area contributed by atoms with Gasteiger partial charge in [0.1, 0.15) is 0 Å². The molecule has 0 radical (unpaired) electrons. The number of hydrogen-bond acceptors (Lipinski definition) is 5. The Labute approximate surface area is 156 Å². The summed E-state index contributed by atoms with van der Waals surface area (Å²) in [5, 5.41) is 13.1. The molecule has 2 N–H and O–H groups in total. The van der Waals surface area contributed by atoms with Gasteiger partial charge in [0.25, 0.3) is 0 Å². The lowest BCUT2D eigenvalue weighted by Crippen LogP contribution is -2.29. The number of rotatable bonds is 7. The van der Waals surface area contributed by atoms with Crippen LogP contribution in [0.15, 0.2) is 59.3 Å². The van der Waals surface area contributed by atoms with Crippen LogP contribution in [0.2, 0.25) is 0 Å². The van der Waals surface area contributed by atoms with Crippen LogP contribution >= 0.6 is 0 Å². The zero-order chi connectivity index (χ0) is 19.1. The molecule has 1 heterocycles. The second kappa shape index (κ2) is 8.75. The van der Waals surface area contributed by atoms with E-state index >= 15 is 0 Å². The summed E-state index contributed by atoms with van der Waals surface area (Å²) in [6, 6.07) is 15.0. The van der Waals surface area contributed by atoms with Gasteiger partial charge in [-0.1, -0.05) is 36.4 Å². The van der Waals surface area contributed by atoms with Crippen LogP contribution in [-0.4, -0.2) is 28.6 Å². The highest BCUT2D eigenvalue weighted by Crippen LogP contribution is 2.23. The van der Waals surface area contributed by atoms with E-state index in [-0.39, 0.29) is 24.8 Å². The topological polar surface area (TPSA) is 97.1 Å². The molecule has 0 saturated heterocycles. The van der Waals surface area contributed by atoms with Gasteiger partial charge < -0.3 is 15.1 Å². The molecule has 3 aromatic rings. The SMILES string of the molecule is Cc1ccc(-c2nnco2)cc1NC(=O)CCNC(=O)Cc1ccccc1. The van der Waals surface area contributed by atoms with Gasteiger partial charge in [0, 0.05) is 24.2 Å². The normalized spacial score (nSPS) is 10.4. The first-order valence-corrected chi connectivity index (χ1v) is 8.59. The Kier molecular flexibility index (Phi) is 5.94. The predicted octanol–water partition coefficient (Wildman–Crippen LogP) is 2.73. The Morgan fingerprint density at radius 1 is 1.07 bits per heavy atom. The Hall–Kier alpha value is -3.48.